The molecule has 3 N–H and O–H groups in total. The fraction of sp³-hybridized carbons (Fsp3) is 0.471. The number of halogens is 2. The van der Waals surface area contributed by atoms with E-state index in [-0.39, 0.29) is 23.0 Å². The van der Waals surface area contributed by atoms with E-state index in [1.165, 1.54) is 0 Å². The molecule has 2 unspecified atom stereocenters. The SMILES string of the molecule is CC(C)C1CC1(CN[C@@H]1C2=C(F)C=C=C(F)C(C#N)=C21)C(N)=O. The van der Waals surface area contributed by atoms with Gasteiger partial charge in [-0.25, -0.2) is 4.39 Å². The fourth-order valence-corrected chi connectivity index (χ4v) is 3.54. The summed E-state index contributed by atoms with van der Waals surface area (Å²) in [6.45, 7) is 4.35. The van der Waals surface area contributed by atoms with Gasteiger partial charge >= 0.3 is 0 Å². The van der Waals surface area contributed by atoms with Gasteiger partial charge in [0.2, 0.25) is 5.91 Å². The Morgan fingerprint density at radius 2 is 2.26 bits per heavy atom. The maximum Gasteiger partial charge on any atom is 0.225 e. The van der Waals surface area contributed by atoms with Gasteiger partial charge in [-0.3, -0.25) is 4.79 Å². The standard InChI is InChI=1S/C17H17F2N3O/c1-8(2)10-5-17(10,16(21)23)7-22-15-13-9(6-20)11(18)3-4-12(19)14(13)15/h4,8,10,15,22H,5,7H2,1-2H3,(H2,21,23)/t10?,15-,17?/m0/s1. The van der Waals surface area contributed by atoms with Crippen LogP contribution >= 0.6 is 0 Å². The van der Waals surface area contributed by atoms with Gasteiger partial charge in [0.15, 0.2) is 5.83 Å². The molecule has 0 saturated heterocycles. The number of amides is 1. The summed E-state index contributed by atoms with van der Waals surface area (Å²) in [5.41, 5.74) is 7.38. The number of rotatable bonds is 5. The molecule has 3 aliphatic rings. The molecule has 0 aromatic rings. The zero-order valence-corrected chi connectivity index (χ0v) is 12.9. The third-order valence-electron chi connectivity index (χ3n) is 5.02. The Labute approximate surface area is 133 Å². The summed E-state index contributed by atoms with van der Waals surface area (Å²) in [5.74, 6) is -1.34. The number of nitrogens with two attached hydrogens (primary N) is 1. The lowest BCUT2D eigenvalue weighted by molar-refractivity contribution is -0.123. The first-order valence-electron chi connectivity index (χ1n) is 7.53. The van der Waals surface area contributed by atoms with Crippen molar-refractivity contribution < 1.29 is 13.6 Å². The maximum atomic E-state index is 13.9. The summed E-state index contributed by atoms with van der Waals surface area (Å²) in [6.07, 6.45) is 1.59. The minimum absolute atomic E-state index is 0.191. The van der Waals surface area contributed by atoms with Crippen molar-refractivity contribution in [3.8, 4) is 6.07 Å². The molecule has 3 atom stereocenters. The second kappa shape index (κ2) is 5.16. The van der Waals surface area contributed by atoms with Crippen LogP contribution in [0.1, 0.15) is 20.3 Å². The van der Waals surface area contributed by atoms with Crippen LogP contribution in [0.3, 0.4) is 0 Å². The number of hydrogen-bond acceptors (Lipinski definition) is 3. The first kappa shape index (κ1) is 15.7. The molecule has 0 radical (unpaired) electrons. The van der Waals surface area contributed by atoms with E-state index < -0.39 is 23.1 Å². The Hall–Kier alpha value is -2.22. The molecule has 23 heavy (non-hydrogen) atoms. The van der Waals surface area contributed by atoms with Crippen LogP contribution in [0.5, 0.6) is 0 Å². The number of allylic oxidation sites excluding steroid dienone is 3. The molecule has 120 valence electrons. The molecular formula is C17H17F2N3O. The van der Waals surface area contributed by atoms with E-state index in [9.17, 15) is 13.6 Å². The molecule has 0 bridgehead atoms. The predicted octanol–water partition coefficient (Wildman–Crippen LogP) is 2.17. The van der Waals surface area contributed by atoms with Gasteiger partial charge in [0, 0.05) is 23.8 Å². The molecule has 2 fully saturated rings. The fourth-order valence-electron chi connectivity index (χ4n) is 3.54. The van der Waals surface area contributed by atoms with Gasteiger partial charge in [-0.15, -0.1) is 0 Å². The molecule has 0 aromatic heterocycles. The van der Waals surface area contributed by atoms with E-state index in [1.54, 1.807) is 6.07 Å². The van der Waals surface area contributed by atoms with Crippen LogP contribution in [0.15, 0.2) is 40.2 Å². The third kappa shape index (κ3) is 2.33. The largest absolute Gasteiger partial charge is 0.369 e. The highest BCUT2D eigenvalue weighted by atomic mass is 19.1. The zero-order valence-electron chi connectivity index (χ0n) is 12.9. The number of fused-ring (bicyclic) bond motifs is 1. The smallest absolute Gasteiger partial charge is 0.225 e. The molecule has 0 heterocycles. The Bertz CT molecular complexity index is 765. The summed E-state index contributed by atoms with van der Waals surface area (Å²) in [4.78, 5) is 11.8. The lowest BCUT2D eigenvalue weighted by atomic mass is 9.96. The average Bonchev–Trinajstić information content (AvgIpc) is 3.35. The van der Waals surface area contributed by atoms with Gasteiger partial charge in [0.25, 0.3) is 0 Å². The molecule has 3 aliphatic carbocycles. The first-order valence-corrected chi connectivity index (χ1v) is 7.53. The average molecular weight is 317 g/mol. The highest BCUT2D eigenvalue weighted by Crippen LogP contribution is 2.56. The predicted molar refractivity (Wildman–Crippen MR) is 79.8 cm³/mol. The number of carbonyl (C=O) groups is 1. The second-order valence-corrected chi connectivity index (χ2v) is 6.65. The van der Waals surface area contributed by atoms with Crippen molar-refractivity contribution in [2.45, 2.75) is 26.3 Å². The molecule has 0 aliphatic heterocycles. The highest BCUT2D eigenvalue weighted by molar-refractivity contribution is 5.85. The van der Waals surface area contributed by atoms with Gasteiger partial charge in [-0.2, -0.15) is 9.65 Å². The van der Waals surface area contributed by atoms with Gasteiger partial charge in [0.1, 0.15) is 17.5 Å². The Balaban J connectivity index is 1.80. The Morgan fingerprint density at radius 1 is 1.57 bits per heavy atom. The number of nitriles is 1. The van der Waals surface area contributed by atoms with E-state index in [4.69, 9.17) is 11.0 Å². The van der Waals surface area contributed by atoms with E-state index in [2.05, 4.69) is 11.0 Å². The highest BCUT2D eigenvalue weighted by Gasteiger charge is 2.60. The van der Waals surface area contributed by atoms with Crippen LogP contribution in [-0.2, 0) is 4.79 Å². The summed E-state index contributed by atoms with van der Waals surface area (Å²) in [6, 6.07) is 1.21. The van der Waals surface area contributed by atoms with Gasteiger partial charge in [-0.1, -0.05) is 19.6 Å². The van der Waals surface area contributed by atoms with Crippen molar-refractivity contribution in [1.82, 2.24) is 5.32 Å². The van der Waals surface area contributed by atoms with Crippen LogP contribution in [0, 0.1) is 28.6 Å². The summed E-state index contributed by atoms with van der Waals surface area (Å²) in [7, 11) is 0. The summed E-state index contributed by atoms with van der Waals surface area (Å²) in [5, 5.41) is 12.1. The minimum atomic E-state index is -0.868. The zero-order chi connectivity index (χ0) is 16.9. The van der Waals surface area contributed by atoms with Crippen molar-refractivity contribution >= 4 is 5.91 Å². The minimum Gasteiger partial charge on any atom is -0.369 e. The summed E-state index contributed by atoms with van der Waals surface area (Å²) >= 11 is 0. The maximum absolute atomic E-state index is 13.9. The Kier molecular flexibility index (Phi) is 3.51. The lowest BCUT2D eigenvalue weighted by Gasteiger charge is -2.16. The van der Waals surface area contributed by atoms with E-state index >= 15 is 0 Å². The van der Waals surface area contributed by atoms with E-state index in [1.807, 2.05) is 13.8 Å². The molecule has 4 nitrogen and oxygen atoms in total. The summed E-state index contributed by atoms with van der Waals surface area (Å²) < 4.78 is 27.6. The van der Waals surface area contributed by atoms with Crippen molar-refractivity contribution in [2.24, 2.45) is 23.0 Å². The molecular weight excluding hydrogens is 300 g/mol. The van der Waals surface area contributed by atoms with Gasteiger partial charge in [-0.05, 0) is 18.3 Å². The molecule has 1 amide bonds. The monoisotopic (exact) mass is 317 g/mol. The number of carbonyl (C=O) groups excluding carboxylic acids is 1. The van der Waals surface area contributed by atoms with Gasteiger partial charge in [0.05, 0.1) is 11.5 Å². The van der Waals surface area contributed by atoms with Crippen molar-refractivity contribution in [1.29, 1.82) is 5.26 Å². The van der Waals surface area contributed by atoms with Gasteiger partial charge < -0.3 is 11.1 Å². The molecule has 6 heteroatoms. The molecule has 0 spiro atoms. The lowest BCUT2D eigenvalue weighted by Crippen LogP contribution is -2.38. The normalized spacial score (nSPS) is 31.6. The number of primary amides is 1. The first-order chi connectivity index (χ1) is 10.8. The molecule has 3 rings (SSSR count). The van der Waals surface area contributed by atoms with E-state index in [0.717, 1.165) is 6.08 Å². The quantitative estimate of drug-likeness (QED) is 0.763. The molecule has 2 saturated carbocycles. The van der Waals surface area contributed by atoms with E-state index in [0.29, 0.717) is 24.5 Å². The topological polar surface area (TPSA) is 78.9 Å². The van der Waals surface area contributed by atoms with Crippen molar-refractivity contribution in [3.05, 3.63) is 40.2 Å². The van der Waals surface area contributed by atoms with Crippen LogP contribution in [0.4, 0.5) is 8.78 Å². The van der Waals surface area contributed by atoms with Crippen molar-refractivity contribution in [3.63, 3.8) is 0 Å². The second-order valence-electron chi connectivity index (χ2n) is 6.65. The number of hydrogen-bond donors (Lipinski definition) is 2. The Morgan fingerprint density at radius 3 is 2.78 bits per heavy atom. The third-order valence-corrected chi connectivity index (χ3v) is 5.02. The van der Waals surface area contributed by atoms with Crippen LogP contribution in [-0.4, -0.2) is 18.5 Å². The van der Waals surface area contributed by atoms with Crippen molar-refractivity contribution in [2.75, 3.05) is 6.54 Å². The van der Waals surface area contributed by atoms with Crippen LogP contribution in [0.25, 0.3) is 0 Å². The van der Waals surface area contributed by atoms with Crippen LogP contribution < -0.4 is 11.1 Å². The van der Waals surface area contributed by atoms with Crippen LogP contribution in [0.2, 0.25) is 0 Å². The molecule has 0 aromatic carbocycles. The number of nitrogens with one attached hydrogen (secondary N) is 1. The number of nitrogens with zero attached hydrogens (tertiary/aromatic N) is 1.